The Bertz CT molecular complexity index is 762. The number of nitrogens with one attached hydrogen (secondary N) is 2. The van der Waals surface area contributed by atoms with E-state index < -0.39 is 0 Å². The van der Waals surface area contributed by atoms with Crippen LogP contribution in [0.15, 0.2) is 48.5 Å². The number of hydrogen-bond acceptors (Lipinski definition) is 4. The van der Waals surface area contributed by atoms with Gasteiger partial charge in [-0.3, -0.25) is 9.59 Å². The zero-order chi connectivity index (χ0) is 19.6. The summed E-state index contributed by atoms with van der Waals surface area (Å²) in [6.45, 7) is 4.75. The van der Waals surface area contributed by atoms with E-state index in [0.29, 0.717) is 13.2 Å². The molecule has 1 unspecified atom stereocenters. The predicted molar refractivity (Wildman–Crippen MR) is 111 cm³/mol. The van der Waals surface area contributed by atoms with Crippen LogP contribution in [0, 0.1) is 6.92 Å². The number of amides is 2. The second-order valence-electron chi connectivity index (χ2n) is 6.29. The lowest BCUT2D eigenvalue weighted by molar-refractivity contribution is -0.120. The molecule has 2 rings (SSSR count). The summed E-state index contributed by atoms with van der Waals surface area (Å²) in [6, 6.07) is 15.5. The van der Waals surface area contributed by atoms with Crippen molar-refractivity contribution in [3.63, 3.8) is 0 Å². The number of ether oxygens (including phenoxy) is 1. The molecule has 0 radical (unpaired) electrons. The highest BCUT2D eigenvalue weighted by Gasteiger charge is 2.15. The SMILES string of the molecule is COCc1ccccc1CNC(=O)C(C)SCC(=O)Nc1ccc(C)cc1. The van der Waals surface area contributed by atoms with Gasteiger partial charge in [0.05, 0.1) is 17.6 Å². The molecule has 0 aliphatic heterocycles. The van der Waals surface area contributed by atoms with Gasteiger partial charge in [-0.05, 0) is 37.1 Å². The third kappa shape index (κ3) is 7.07. The molecule has 0 spiro atoms. The molecule has 0 aliphatic rings. The average Bonchev–Trinajstić information content (AvgIpc) is 2.67. The molecule has 6 heteroatoms. The predicted octanol–water partition coefficient (Wildman–Crippen LogP) is 3.52. The summed E-state index contributed by atoms with van der Waals surface area (Å²) < 4.78 is 5.18. The van der Waals surface area contributed by atoms with Gasteiger partial charge in [0.1, 0.15) is 0 Å². The van der Waals surface area contributed by atoms with Crippen molar-refractivity contribution < 1.29 is 14.3 Å². The van der Waals surface area contributed by atoms with Crippen LogP contribution in [0.5, 0.6) is 0 Å². The highest BCUT2D eigenvalue weighted by atomic mass is 32.2. The minimum absolute atomic E-state index is 0.0876. The van der Waals surface area contributed by atoms with Crippen LogP contribution in [-0.4, -0.2) is 29.9 Å². The molecule has 2 amide bonds. The molecular weight excluding hydrogens is 360 g/mol. The molecule has 0 aromatic heterocycles. The first kappa shape index (κ1) is 21.0. The van der Waals surface area contributed by atoms with Gasteiger partial charge in [-0.15, -0.1) is 11.8 Å². The lowest BCUT2D eigenvalue weighted by Gasteiger charge is -2.14. The number of thioether (sulfide) groups is 1. The van der Waals surface area contributed by atoms with E-state index in [2.05, 4.69) is 10.6 Å². The van der Waals surface area contributed by atoms with E-state index in [1.54, 1.807) is 14.0 Å². The summed E-state index contributed by atoms with van der Waals surface area (Å²) >= 11 is 1.32. The molecule has 0 aliphatic carbocycles. The Kier molecular flexibility index (Phi) is 8.36. The van der Waals surface area contributed by atoms with E-state index in [4.69, 9.17) is 4.74 Å². The van der Waals surface area contributed by atoms with Crippen LogP contribution in [-0.2, 0) is 27.5 Å². The standard InChI is InChI=1S/C21H26N2O3S/c1-15-8-10-19(11-9-15)23-20(24)14-27-16(2)21(25)22-12-17-6-4-5-7-18(17)13-26-3/h4-11,16H,12-14H2,1-3H3,(H,22,25)(H,23,24). The van der Waals surface area contributed by atoms with Gasteiger partial charge in [-0.25, -0.2) is 0 Å². The highest BCUT2D eigenvalue weighted by Crippen LogP contribution is 2.14. The fraction of sp³-hybridized carbons (Fsp3) is 0.333. The number of carbonyl (C=O) groups excluding carboxylic acids is 2. The molecule has 5 nitrogen and oxygen atoms in total. The number of rotatable bonds is 9. The van der Waals surface area contributed by atoms with Gasteiger partial charge in [0.2, 0.25) is 11.8 Å². The Hall–Kier alpha value is -2.31. The van der Waals surface area contributed by atoms with Gasteiger partial charge in [-0.1, -0.05) is 42.0 Å². The molecule has 1 atom stereocenters. The van der Waals surface area contributed by atoms with Crippen molar-refractivity contribution >= 4 is 29.3 Å². The molecule has 27 heavy (non-hydrogen) atoms. The molecule has 0 bridgehead atoms. The molecule has 2 aromatic carbocycles. The first-order valence-corrected chi connectivity index (χ1v) is 9.86. The summed E-state index contributed by atoms with van der Waals surface area (Å²) in [5, 5.41) is 5.45. The second-order valence-corrected chi connectivity index (χ2v) is 7.62. The number of methoxy groups -OCH3 is 1. The fourth-order valence-corrected chi connectivity index (χ4v) is 3.17. The zero-order valence-electron chi connectivity index (χ0n) is 16.0. The molecule has 0 saturated carbocycles. The summed E-state index contributed by atoms with van der Waals surface area (Å²) in [7, 11) is 1.65. The average molecular weight is 387 g/mol. The summed E-state index contributed by atoms with van der Waals surface area (Å²) in [5.74, 6) is 0.0206. The van der Waals surface area contributed by atoms with Crippen molar-refractivity contribution in [3.05, 3.63) is 65.2 Å². The largest absolute Gasteiger partial charge is 0.380 e. The molecular formula is C21H26N2O3S. The highest BCUT2D eigenvalue weighted by molar-refractivity contribution is 8.01. The number of aryl methyl sites for hydroxylation is 1. The quantitative estimate of drug-likeness (QED) is 0.692. The van der Waals surface area contributed by atoms with Crippen molar-refractivity contribution in [1.29, 1.82) is 0 Å². The fourth-order valence-electron chi connectivity index (χ4n) is 2.46. The van der Waals surface area contributed by atoms with Gasteiger partial charge >= 0.3 is 0 Å². The molecule has 0 heterocycles. The van der Waals surface area contributed by atoms with E-state index in [1.807, 2.05) is 55.5 Å². The van der Waals surface area contributed by atoms with E-state index >= 15 is 0 Å². The molecule has 0 saturated heterocycles. The van der Waals surface area contributed by atoms with Gasteiger partial charge in [-0.2, -0.15) is 0 Å². The van der Waals surface area contributed by atoms with Crippen molar-refractivity contribution in [2.24, 2.45) is 0 Å². The summed E-state index contributed by atoms with van der Waals surface area (Å²) in [4.78, 5) is 24.3. The van der Waals surface area contributed by atoms with Crippen LogP contribution in [0.1, 0.15) is 23.6 Å². The van der Waals surface area contributed by atoms with E-state index in [0.717, 1.165) is 22.4 Å². The Morgan fingerprint density at radius 3 is 2.41 bits per heavy atom. The molecule has 144 valence electrons. The molecule has 2 aromatic rings. The van der Waals surface area contributed by atoms with Gasteiger partial charge < -0.3 is 15.4 Å². The Morgan fingerprint density at radius 2 is 1.74 bits per heavy atom. The topological polar surface area (TPSA) is 67.4 Å². The van der Waals surface area contributed by atoms with Gasteiger partial charge in [0.25, 0.3) is 0 Å². The number of hydrogen-bond donors (Lipinski definition) is 2. The van der Waals surface area contributed by atoms with Gasteiger partial charge in [0, 0.05) is 19.3 Å². The van der Waals surface area contributed by atoms with E-state index in [9.17, 15) is 9.59 Å². The lowest BCUT2D eigenvalue weighted by atomic mass is 10.1. The minimum Gasteiger partial charge on any atom is -0.380 e. The third-order valence-corrected chi connectivity index (χ3v) is 5.18. The van der Waals surface area contributed by atoms with Crippen molar-refractivity contribution in [2.75, 3.05) is 18.2 Å². The van der Waals surface area contributed by atoms with Crippen LogP contribution in [0.25, 0.3) is 0 Å². The Labute approximate surface area is 164 Å². The number of benzene rings is 2. The van der Waals surface area contributed by atoms with Gasteiger partial charge in [0.15, 0.2) is 0 Å². The van der Waals surface area contributed by atoms with Crippen molar-refractivity contribution in [1.82, 2.24) is 5.32 Å². The monoisotopic (exact) mass is 386 g/mol. The molecule has 0 fully saturated rings. The van der Waals surface area contributed by atoms with Crippen molar-refractivity contribution in [3.8, 4) is 0 Å². The van der Waals surface area contributed by atoms with E-state index in [1.165, 1.54) is 11.8 Å². The summed E-state index contributed by atoms with van der Waals surface area (Å²) in [5.41, 5.74) is 3.98. The number of carbonyl (C=O) groups is 2. The smallest absolute Gasteiger partial charge is 0.234 e. The van der Waals surface area contributed by atoms with E-state index in [-0.39, 0.29) is 22.8 Å². The minimum atomic E-state index is -0.316. The molecule has 2 N–H and O–H groups in total. The normalized spacial score (nSPS) is 11.7. The van der Waals surface area contributed by atoms with Crippen LogP contribution in [0.2, 0.25) is 0 Å². The first-order valence-electron chi connectivity index (χ1n) is 8.81. The zero-order valence-corrected chi connectivity index (χ0v) is 16.8. The van der Waals surface area contributed by atoms with Crippen LogP contribution < -0.4 is 10.6 Å². The maximum Gasteiger partial charge on any atom is 0.234 e. The lowest BCUT2D eigenvalue weighted by Crippen LogP contribution is -2.31. The second kappa shape index (κ2) is 10.7. The Morgan fingerprint density at radius 1 is 1.07 bits per heavy atom. The summed E-state index contributed by atoms with van der Waals surface area (Å²) in [6.07, 6.45) is 0. The third-order valence-electron chi connectivity index (χ3n) is 4.04. The first-order chi connectivity index (χ1) is 13.0. The van der Waals surface area contributed by atoms with Crippen molar-refractivity contribution in [2.45, 2.75) is 32.2 Å². The maximum atomic E-state index is 12.3. The van der Waals surface area contributed by atoms with Crippen LogP contribution in [0.3, 0.4) is 0 Å². The van der Waals surface area contributed by atoms with Crippen LogP contribution in [0.4, 0.5) is 5.69 Å². The van der Waals surface area contributed by atoms with Crippen LogP contribution >= 0.6 is 11.8 Å². The maximum absolute atomic E-state index is 12.3. The Balaban J connectivity index is 1.76. The number of anilines is 1.